The van der Waals surface area contributed by atoms with Gasteiger partial charge in [-0.2, -0.15) is 0 Å². The Bertz CT molecular complexity index is 555. The molecule has 1 aliphatic carbocycles. The van der Waals surface area contributed by atoms with Crippen LogP contribution in [-0.2, 0) is 0 Å². The van der Waals surface area contributed by atoms with Crippen molar-refractivity contribution in [3.05, 3.63) is 30.0 Å². The zero-order valence-electron chi connectivity index (χ0n) is 11.5. The maximum absolute atomic E-state index is 6.47. The molecular weight excluding hydrogens is 236 g/mol. The van der Waals surface area contributed by atoms with E-state index in [2.05, 4.69) is 23.3 Å². The van der Waals surface area contributed by atoms with Crippen LogP contribution in [0.25, 0.3) is 10.9 Å². The fourth-order valence-corrected chi connectivity index (χ4v) is 3.22. The highest BCUT2D eigenvalue weighted by molar-refractivity contribution is 5.85. The van der Waals surface area contributed by atoms with Crippen molar-refractivity contribution in [2.24, 2.45) is 11.7 Å². The predicted octanol–water partition coefficient (Wildman–Crippen LogP) is 3.76. The molecule has 1 aliphatic rings. The molecule has 0 radical (unpaired) electrons. The molecule has 3 heteroatoms. The third-order valence-electron chi connectivity index (χ3n) is 4.26. The first-order valence-electron chi connectivity index (χ1n) is 7.29. The van der Waals surface area contributed by atoms with E-state index in [1.165, 1.54) is 36.6 Å². The summed E-state index contributed by atoms with van der Waals surface area (Å²) in [7, 11) is 0. The van der Waals surface area contributed by atoms with Crippen LogP contribution >= 0.6 is 0 Å². The lowest BCUT2D eigenvalue weighted by Gasteiger charge is -2.18. The van der Waals surface area contributed by atoms with E-state index >= 15 is 0 Å². The minimum absolute atomic E-state index is 0.146. The monoisotopic (exact) mass is 258 g/mol. The van der Waals surface area contributed by atoms with Gasteiger partial charge in [0.1, 0.15) is 5.75 Å². The normalized spacial score (nSPS) is 18.0. The van der Waals surface area contributed by atoms with Crippen LogP contribution in [-0.4, -0.2) is 11.6 Å². The minimum Gasteiger partial charge on any atom is -0.494 e. The van der Waals surface area contributed by atoms with E-state index in [-0.39, 0.29) is 6.04 Å². The summed E-state index contributed by atoms with van der Waals surface area (Å²) in [6, 6.07) is 6.34. The molecule has 1 aromatic carbocycles. The standard InChI is InChI=1S/C16H22N2O/c1-2-19-12-7-8-15-13(9-12)14(10-18-15)16(17)11-5-3-4-6-11/h7-11,16,18H,2-6,17H2,1H3. The number of aromatic amines is 1. The Balaban J connectivity index is 1.95. The number of aromatic nitrogens is 1. The molecule has 1 fully saturated rings. The van der Waals surface area contributed by atoms with Gasteiger partial charge in [-0.15, -0.1) is 0 Å². The Kier molecular flexibility index (Phi) is 3.47. The molecule has 3 nitrogen and oxygen atoms in total. The number of H-pyrrole nitrogens is 1. The number of hydrogen-bond acceptors (Lipinski definition) is 2. The third kappa shape index (κ3) is 2.35. The summed E-state index contributed by atoms with van der Waals surface area (Å²) >= 11 is 0. The molecule has 1 aromatic heterocycles. The van der Waals surface area contributed by atoms with Gasteiger partial charge in [-0.25, -0.2) is 0 Å². The molecule has 0 saturated heterocycles. The molecule has 0 amide bonds. The van der Waals surface area contributed by atoms with Crippen molar-refractivity contribution in [2.75, 3.05) is 6.61 Å². The van der Waals surface area contributed by atoms with Gasteiger partial charge in [0.2, 0.25) is 0 Å². The summed E-state index contributed by atoms with van der Waals surface area (Å²) in [6.07, 6.45) is 7.25. The van der Waals surface area contributed by atoms with Gasteiger partial charge < -0.3 is 15.5 Å². The molecule has 0 bridgehead atoms. The summed E-state index contributed by atoms with van der Waals surface area (Å²) in [6.45, 7) is 2.70. The van der Waals surface area contributed by atoms with E-state index < -0.39 is 0 Å². The molecule has 1 unspecified atom stereocenters. The predicted molar refractivity (Wildman–Crippen MR) is 78.4 cm³/mol. The van der Waals surface area contributed by atoms with Gasteiger partial charge in [0.15, 0.2) is 0 Å². The maximum Gasteiger partial charge on any atom is 0.120 e. The van der Waals surface area contributed by atoms with Crippen LogP contribution in [0.4, 0.5) is 0 Å². The smallest absolute Gasteiger partial charge is 0.120 e. The van der Waals surface area contributed by atoms with Gasteiger partial charge >= 0.3 is 0 Å². The van der Waals surface area contributed by atoms with Gasteiger partial charge in [0.25, 0.3) is 0 Å². The first-order valence-corrected chi connectivity index (χ1v) is 7.29. The molecule has 0 aliphatic heterocycles. The average molecular weight is 258 g/mol. The van der Waals surface area contributed by atoms with Crippen molar-refractivity contribution in [3.8, 4) is 5.75 Å². The summed E-state index contributed by atoms with van der Waals surface area (Å²) in [4.78, 5) is 3.33. The van der Waals surface area contributed by atoms with Crippen LogP contribution in [0, 0.1) is 5.92 Å². The lowest BCUT2D eigenvalue weighted by Crippen LogP contribution is -2.18. The van der Waals surface area contributed by atoms with Crippen LogP contribution in [0.5, 0.6) is 5.75 Å². The highest BCUT2D eigenvalue weighted by atomic mass is 16.5. The maximum atomic E-state index is 6.47. The third-order valence-corrected chi connectivity index (χ3v) is 4.26. The summed E-state index contributed by atoms with van der Waals surface area (Å²) in [5.41, 5.74) is 8.86. The van der Waals surface area contributed by atoms with Crippen LogP contribution < -0.4 is 10.5 Å². The van der Waals surface area contributed by atoms with E-state index in [1.54, 1.807) is 0 Å². The first kappa shape index (κ1) is 12.5. The quantitative estimate of drug-likeness (QED) is 0.877. The Morgan fingerprint density at radius 3 is 2.89 bits per heavy atom. The Labute approximate surface area is 114 Å². The van der Waals surface area contributed by atoms with Crippen LogP contribution in [0.3, 0.4) is 0 Å². The second-order valence-electron chi connectivity index (χ2n) is 5.45. The molecule has 1 atom stereocenters. The van der Waals surface area contributed by atoms with Crippen LogP contribution in [0.2, 0.25) is 0 Å². The first-order chi connectivity index (χ1) is 9.29. The topological polar surface area (TPSA) is 51.0 Å². The number of rotatable bonds is 4. The Hall–Kier alpha value is -1.48. The Morgan fingerprint density at radius 1 is 1.37 bits per heavy atom. The SMILES string of the molecule is CCOc1ccc2[nH]cc(C(N)C3CCCC3)c2c1. The van der Waals surface area contributed by atoms with Gasteiger partial charge in [-0.3, -0.25) is 0 Å². The molecule has 3 N–H and O–H groups in total. The van der Waals surface area contributed by atoms with E-state index in [1.807, 2.05) is 13.0 Å². The second-order valence-corrected chi connectivity index (χ2v) is 5.45. The van der Waals surface area contributed by atoms with Crippen molar-refractivity contribution >= 4 is 10.9 Å². The summed E-state index contributed by atoms with van der Waals surface area (Å²) in [5, 5.41) is 1.21. The van der Waals surface area contributed by atoms with Crippen molar-refractivity contribution in [1.82, 2.24) is 4.98 Å². The average Bonchev–Trinajstić information content (AvgIpc) is 3.07. The summed E-state index contributed by atoms with van der Waals surface area (Å²) < 4.78 is 5.59. The number of benzene rings is 1. The number of hydrogen-bond donors (Lipinski definition) is 2. The number of nitrogens with two attached hydrogens (primary N) is 1. The summed E-state index contributed by atoms with van der Waals surface area (Å²) in [5.74, 6) is 1.56. The lowest BCUT2D eigenvalue weighted by atomic mass is 9.92. The van der Waals surface area contributed by atoms with Gasteiger partial charge in [-0.05, 0) is 49.4 Å². The van der Waals surface area contributed by atoms with Crippen molar-refractivity contribution in [3.63, 3.8) is 0 Å². The van der Waals surface area contributed by atoms with Crippen molar-refractivity contribution < 1.29 is 4.74 Å². The number of nitrogens with one attached hydrogen (secondary N) is 1. The second kappa shape index (κ2) is 5.25. The molecule has 1 heterocycles. The van der Waals surface area contributed by atoms with Gasteiger partial charge in [-0.1, -0.05) is 12.8 Å². The molecule has 3 rings (SSSR count). The zero-order chi connectivity index (χ0) is 13.2. The molecule has 1 saturated carbocycles. The number of fused-ring (bicyclic) bond motifs is 1. The molecule has 102 valence electrons. The highest BCUT2D eigenvalue weighted by Crippen LogP contribution is 2.37. The Morgan fingerprint density at radius 2 is 2.16 bits per heavy atom. The molecular formula is C16H22N2O. The van der Waals surface area contributed by atoms with Crippen LogP contribution in [0.15, 0.2) is 24.4 Å². The number of ether oxygens (including phenoxy) is 1. The largest absolute Gasteiger partial charge is 0.494 e. The van der Waals surface area contributed by atoms with Crippen molar-refractivity contribution in [1.29, 1.82) is 0 Å². The highest BCUT2D eigenvalue weighted by Gasteiger charge is 2.25. The van der Waals surface area contributed by atoms with Crippen molar-refractivity contribution in [2.45, 2.75) is 38.6 Å². The van der Waals surface area contributed by atoms with Gasteiger partial charge in [0.05, 0.1) is 6.61 Å². The minimum atomic E-state index is 0.146. The van der Waals surface area contributed by atoms with E-state index in [4.69, 9.17) is 10.5 Å². The van der Waals surface area contributed by atoms with E-state index in [0.29, 0.717) is 12.5 Å². The fourth-order valence-electron chi connectivity index (χ4n) is 3.22. The van der Waals surface area contributed by atoms with Crippen LogP contribution in [0.1, 0.15) is 44.2 Å². The van der Waals surface area contributed by atoms with Gasteiger partial charge in [0, 0.05) is 23.1 Å². The van der Waals surface area contributed by atoms with E-state index in [0.717, 1.165) is 11.3 Å². The molecule has 0 spiro atoms. The lowest BCUT2D eigenvalue weighted by molar-refractivity contribution is 0.340. The molecule has 2 aromatic rings. The fraction of sp³-hybridized carbons (Fsp3) is 0.500. The zero-order valence-corrected chi connectivity index (χ0v) is 11.5. The molecule has 19 heavy (non-hydrogen) atoms. The van der Waals surface area contributed by atoms with E-state index in [9.17, 15) is 0 Å².